The van der Waals surface area contributed by atoms with Crippen LogP contribution in [0.2, 0.25) is 0 Å². The van der Waals surface area contributed by atoms with Crippen molar-refractivity contribution in [2.45, 2.75) is 51.2 Å². The van der Waals surface area contributed by atoms with Crippen molar-refractivity contribution in [3.05, 3.63) is 213 Å². The average molecular weight is 1030 g/mol. The molecule has 0 fully saturated rings. The highest BCUT2D eigenvalue weighted by Gasteiger charge is 2.43. The molecular formula is C52H56F6N10O6. The molecule has 0 aliphatic rings. The van der Waals surface area contributed by atoms with Gasteiger partial charge in [-0.1, -0.05) is 78.9 Å². The van der Waals surface area contributed by atoms with Crippen LogP contribution in [0.25, 0.3) is 0 Å². The number of rotatable bonds is 14. The maximum absolute atomic E-state index is 13.7. The molecule has 16 nitrogen and oxygen atoms in total. The van der Waals surface area contributed by atoms with Crippen molar-refractivity contribution < 1.29 is 57.0 Å². The molecule has 6 aromatic rings. The minimum atomic E-state index is -5.24. The lowest BCUT2D eigenvalue weighted by molar-refractivity contribution is -0.143. The first kappa shape index (κ1) is 56.2. The van der Waals surface area contributed by atoms with Gasteiger partial charge in [0.2, 0.25) is 0 Å². The average Bonchev–Trinajstić information content (AvgIpc) is 3.32. The van der Waals surface area contributed by atoms with Gasteiger partial charge in [-0.3, -0.25) is 10.0 Å². The lowest BCUT2D eigenvalue weighted by Crippen LogP contribution is -2.41. The van der Waals surface area contributed by atoms with Gasteiger partial charge in [-0.2, -0.15) is 26.3 Å². The Bertz CT molecular complexity index is 3000. The number of hydrogen-bond donors (Lipinski definition) is 14. The number of hydrogen-bond acceptors (Lipinski definition) is 16. The first-order chi connectivity index (χ1) is 34.5. The van der Waals surface area contributed by atoms with E-state index in [2.05, 4.69) is 10.6 Å². The Morgan fingerprint density at radius 2 is 0.757 bits per heavy atom. The molecule has 22 heteroatoms. The van der Waals surface area contributed by atoms with E-state index < -0.39 is 51.6 Å². The van der Waals surface area contributed by atoms with Crippen LogP contribution < -0.4 is 55.3 Å². The minimum Gasteiger partial charge on any atom is -0.506 e. The Morgan fingerprint density at radius 3 is 1.09 bits per heavy atom. The van der Waals surface area contributed by atoms with Gasteiger partial charge >= 0.3 is 12.4 Å². The highest BCUT2D eigenvalue weighted by atomic mass is 19.4. The third kappa shape index (κ3) is 12.3. The predicted molar refractivity (Wildman–Crippen MR) is 272 cm³/mol. The molecule has 0 saturated heterocycles. The van der Waals surface area contributed by atoms with Crippen LogP contribution in [-0.2, 0) is 23.6 Å². The molecule has 0 bridgehead atoms. The summed E-state index contributed by atoms with van der Waals surface area (Å²) in [5.41, 5.74) is 17.5. The smallest absolute Gasteiger partial charge is 0.416 e. The lowest BCUT2D eigenvalue weighted by atomic mass is 9.85. The Kier molecular flexibility index (Phi) is 17.0. The Balaban J connectivity index is 0.000000280. The molecule has 392 valence electrons. The quantitative estimate of drug-likeness (QED) is 0.0212. The second-order valence-electron chi connectivity index (χ2n) is 16.9. The number of anilines is 4. The summed E-state index contributed by atoms with van der Waals surface area (Å²) in [4.78, 5) is 0. The first-order valence-electron chi connectivity index (χ1n) is 22.0. The molecule has 74 heavy (non-hydrogen) atoms. The highest BCUT2D eigenvalue weighted by Crippen LogP contribution is 2.43. The molecule has 0 aliphatic heterocycles. The van der Waals surface area contributed by atoms with Gasteiger partial charge in [-0.05, 0) is 104 Å². The van der Waals surface area contributed by atoms with Crippen LogP contribution in [0.5, 0.6) is 23.0 Å². The number of aliphatic hydroxyl groups is 2. The zero-order valence-corrected chi connectivity index (χ0v) is 40.2. The first-order valence-corrected chi connectivity index (χ1v) is 22.0. The Morgan fingerprint density at radius 1 is 0.432 bits per heavy atom. The maximum atomic E-state index is 13.7. The Labute approximate surface area is 421 Å². The van der Waals surface area contributed by atoms with Crippen LogP contribution in [0.15, 0.2) is 169 Å². The molecule has 0 heterocycles. The van der Waals surface area contributed by atoms with Crippen molar-refractivity contribution in [1.29, 1.82) is 0 Å². The SMILES string of the molecule is Cc1cccc(O)c1N/C=C(\N)C(O)(/C(N)=C/N(N)c1c(C)cccc1O)c1cc(C(F)(F)F)cc(C(F)(F)F)c1.Cc1cccc(O)c1N/C=C(\N)C(O)(/C(N)=C/N(N)c1c(C)cccc1O)c1ccccc1. The number of aryl methyl sites for hydroxylation is 4. The molecule has 2 unspecified atom stereocenters. The number of nitrogens with two attached hydrogens (primary N) is 6. The lowest BCUT2D eigenvalue weighted by Gasteiger charge is -2.32. The highest BCUT2D eigenvalue weighted by molar-refractivity contribution is 5.67. The van der Waals surface area contributed by atoms with Crippen molar-refractivity contribution in [3.8, 4) is 23.0 Å². The molecule has 6 aromatic carbocycles. The molecule has 0 aromatic heterocycles. The van der Waals surface area contributed by atoms with E-state index in [1.165, 1.54) is 48.8 Å². The van der Waals surface area contributed by atoms with Gasteiger partial charge in [0.1, 0.15) is 34.4 Å². The fraction of sp³-hybridized carbons (Fsp3) is 0.154. The van der Waals surface area contributed by atoms with Crippen molar-refractivity contribution in [2.75, 3.05) is 20.7 Å². The topological polar surface area (TPSA) is 308 Å². The summed E-state index contributed by atoms with van der Waals surface area (Å²) in [6.07, 6.45) is -6.15. The minimum absolute atomic E-state index is 0.0247. The summed E-state index contributed by atoms with van der Waals surface area (Å²) in [5.74, 6) is 11.6. The van der Waals surface area contributed by atoms with Crippen LogP contribution in [0, 0.1) is 27.7 Å². The number of para-hydroxylation sites is 4. The van der Waals surface area contributed by atoms with Crippen LogP contribution in [0.4, 0.5) is 49.1 Å². The molecule has 2 atom stereocenters. The van der Waals surface area contributed by atoms with Crippen LogP contribution in [0.1, 0.15) is 44.5 Å². The monoisotopic (exact) mass is 1030 g/mol. The Hall–Kier alpha value is -8.70. The van der Waals surface area contributed by atoms with Crippen LogP contribution >= 0.6 is 0 Å². The number of benzene rings is 6. The molecular weight excluding hydrogens is 975 g/mol. The molecule has 0 radical (unpaired) electrons. The van der Waals surface area contributed by atoms with E-state index in [4.69, 9.17) is 34.6 Å². The molecule has 6 rings (SSSR count). The molecule has 0 amide bonds. The summed E-state index contributed by atoms with van der Waals surface area (Å²) in [7, 11) is 0. The fourth-order valence-corrected chi connectivity index (χ4v) is 7.61. The van der Waals surface area contributed by atoms with Crippen LogP contribution in [0.3, 0.4) is 0 Å². The number of phenols is 4. The van der Waals surface area contributed by atoms with Gasteiger partial charge in [0.15, 0.2) is 11.2 Å². The largest absolute Gasteiger partial charge is 0.506 e. The van der Waals surface area contributed by atoms with E-state index >= 15 is 0 Å². The van der Waals surface area contributed by atoms with Gasteiger partial charge in [-0.25, -0.2) is 11.7 Å². The molecule has 0 saturated carbocycles. The van der Waals surface area contributed by atoms with Gasteiger partial charge in [0, 0.05) is 24.8 Å². The van der Waals surface area contributed by atoms with Crippen LogP contribution in [-0.4, -0.2) is 30.6 Å². The van der Waals surface area contributed by atoms with E-state index in [0.717, 1.165) is 28.0 Å². The standard InChI is InChI=1S/C27H27F6N5O3.C25H29N5O3/c1-14-5-3-7-19(39)23(14)37-12-21(34)25(41,22(35)13-38(36)24-15(2)6-4-8-20(24)40)16-9-17(26(28,29)30)11-18(10-16)27(31,32)33;1-16-8-6-12-19(31)23(16)29-14-21(26)25(33,18-10-4-3-5-11-18)22(27)15-30(28)24-17(2)9-7-13-20(24)32/h3-13,37,39-41H,34-36H2,1-2H3;3-15,29,31-33H,26-28H2,1-2H3/b21-12-,22-13-;21-14-,22-15-. The molecule has 0 spiro atoms. The van der Waals surface area contributed by atoms with E-state index in [9.17, 15) is 57.0 Å². The third-order valence-corrected chi connectivity index (χ3v) is 11.6. The number of phenolic OH excluding ortho intramolecular Hbond substituents is 4. The van der Waals surface area contributed by atoms with E-state index in [1.54, 1.807) is 81.4 Å². The van der Waals surface area contributed by atoms with E-state index in [1.807, 2.05) is 13.0 Å². The predicted octanol–water partition coefficient (Wildman–Crippen LogP) is 8.03. The van der Waals surface area contributed by atoms with Crippen molar-refractivity contribution in [2.24, 2.45) is 34.6 Å². The summed E-state index contributed by atoms with van der Waals surface area (Å²) in [5, 5.41) is 71.7. The second-order valence-corrected chi connectivity index (χ2v) is 16.9. The normalized spacial score (nSPS) is 14.2. The van der Waals surface area contributed by atoms with Gasteiger partial charge < -0.3 is 64.2 Å². The number of nitrogens with one attached hydrogen (secondary N) is 2. The summed E-state index contributed by atoms with van der Waals surface area (Å²) in [6, 6.07) is 27.9. The fourth-order valence-electron chi connectivity index (χ4n) is 7.61. The summed E-state index contributed by atoms with van der Waals surface area (Å²) in [6.45, 7) is 6.76. The van der Waals surface area contributed by atoms with E-state index in [0.29, 0.717) is 33.6 Å². The number of hydrazine groups is 2. The third-order valence-electron chi connectivity index (χ3n) is 11.6. The summed E-state index contributed by atoms with van der Waals surface area (Å²) < 4.78 is 82.0. The van der Waals surface area contributed by atoms with Crippen molar-refractivity contribution in [1.82, 2.24) is 0 Å². The van der Waals surface area contributed by atoms with Gasteiger partial charge in [0.25, 0.3) is 0 Å². The number of alkyl halides is 6. The molecule has 0 aliphatic carbocycles. The molecule has 20 N–H and O–H groups in total. The number of halogens is 6. The number of nitrogens with zero attached hydrogens (tertiary/aromatic N) is 2. The zero-order valence-electron chi connectivity index (χ0n) is 40.2. The van der Waals surface area contributed by atoms with Gasteiger partial charge in [0.05, 0.1) is 45.3 Å². The van der Waals surface area contributed by atoms with Crippen molar-refractivity contribution in [3.63, 3.8) is 0 Å². The number of aromatic hydroxyl groups is 4. The van der Waals surface area contributed by atoms with E-state index in [-0.39, 0.29) is 64.0 Å². The second kappa shape index (κ2) is 22.4. The summed E-state index contributed by atoms with van der Waals surface area (Å²) >= 11 is 0. The maximum Gasteiger partial charge on any atom is 0.416 e. The van der Waals surface area contributed by atoms with Crippen molar-refractivity contribution >= 4 is 22.7 Å². The zero-order chi connectivity index (χ0) is 55.1. The van der Waals surface area contributed by atoms with Gasteiger partial charge in [-0.15, -0.1) is 0 Å².